The van der Waals surface area contributed by atoms with Crippen molar-refractivity contribution in [2.75, 3.05) is 54.8 Å². The van der Waals surface area contributed by atoms with Gasteiger partial charge in [-0.25, -0.2) is 4.98 Å². The number of imide groups is 1. The van der Waals surface area contributed by atoms with Crippen LogP contribution in [-0.4, -0.2) is 89.9 Å². The van der Waals surface area contributed by atoms with Gasteiger partial charge < -0.3 is 35.1 Å². The lowest BCUT2D eigenvalue weighted by Gasteiger charge is -2.34. The minimum Gasteiger partial charge on any atom is -0.494 e. The number of methoxy groups -OCH3 is 1. The number of benzene rings is 3. The van der Waals surface area contributed by atoms with Gasteiger partial charge in [-0.1, -0.05) is 29.8 Å². The fourth-order valence-corrected chi connectivity index (χ4v) is 9.37. The molecule has 14 nitrogen and oxygen atoms in total. The van der Waals surface area contributed by atoms with Crippen LogP contribution in [0.15, 0.2) is 71.8 Å². The predicted octanol–water partition coefficient (Wildman–Crippen LogP) is 5.51. The normalized spacial score (nSPS) is 17.4. The molecule has 292 valence electrons. The number of nitrogens with zero attached hydrogens (tertiary/aromatic N) is 4. The molecule has 0 aliphatic carbocycles. The summed E-state index contributed by atoms with van der Waals surface area (Å²) in [6.07, 6.45) is 3.51. The number of para-hydroxylation sites is 1. The van der Waals surface area contributed by atoms with Crippen molar-refractivity contribution in [1.82, 2.24) is 25.5 Å². The molecule has 0 bridgehead atoms. The topological polar surface area (TPSA) is 175 Å². The van der Waals surface area contributed by atoms with Gasteiger partial charge in [0.05, 0.1) is 30.4 Å². The Kier molecular flexibility index (Phi) is 11.6. The molecule has 2 fully saturated rings. The van der Waals surface area contributed by atoms with Gasteiger partial charge in [0.2, 0.25) is 23.7 Å². The first kappa shape index (κ1) is 39.1. The number of halogens is 1. The molecule has 1 atom stereocenters. The number of hydrogen-bond acceptors (Lipinski definition) is 12. The molecule has 4 heterocycles. The summed E-state index contributed by atoms with van der Waals surface area (Å²) in [5, 5.41) is 13.0. The molecule has 1 aromatic heterocycles. The first-order valence-electron chi connectivity index (χ1n) is 18.2. The number of aromatic nitrogens is 2. The van der Waals surface area contributed by atoms with Crippen LogP contribution in [0, 0.1) is 0 Å². The fraction of sp³-hybridized carbons (Fsp3) is 0.333. The Morgan fingerprint density at radius 3 is 2.55 bits per heavy atom. The van der Waals surface area contributed by atoms with Crippen molar-refractivity contribution in [3.63, 3.8) is 0 Å². The lowest BCUT2D eigenvalue weighted by molar-refractivity contribution is -0.137. The van der Waals surface area contributed by atoms with Crippen molar-refractivity contribution < 1.29 is 28.5 Å². The Bertz CT molecular complexity index is 2250. The fourth-order valence-electron chi connectivity index (χ4n) is 7.18. The van der Waals surface area contributed by atoms with Crippen molar-refractivity contribution in [3.05, 3.63) is 83.0 Å². The summed E-state index contributed by atoms with van der Waals surface area (Å²) < 4.78 is 18.6. The van der Waals surface area contributed by atoms with E-state index < -0.39 is 19.1 Å². The van der Waals surface area contributed by atoms with E-state index in [1.165, 1.54) is 22.9 Å². The largest absolute Gasteiger partial charge is 0.494 e. The molecule has 0 radical (unpaired) electrons. The minimum atomic E-state index is -2.57. The van der Waals surface area contributed by atoms with E-state index in [4.69, 9.17) is 16.3 Å². The lowest BCUT2D eigenvalue weighted by atomic mass is 10.0. The number of rotatable bonds is 12. The first-order valence-corrected chi connectivity index (χ1v) is 22.2. The molecule has 56 heavy (non-hydrogen) atoms. The molecule has 4 N–H and O–H groups in total. The van der Waals surface area contributed by atoms with E-state index in [2.05, 4.69) is 36.1 Å². The molecule has 4 amide bonds. The molecule has 0 spiro atoms. The number of thioether (sulfide) groups is 1. The third-order valence-corrected chi connectivity index (χ3v) is 13.0. The summed E-state index contributed by atoms with van der Waals surface area (Å²) in [5.74, 6) is 0.356. The average Bonchev–Trinajstić information content (AvgIpc) is 3.51. The molecular weight excluding hydrogens is 775 g/mol. The minimum absolute atomic E-state index is 0.0201. The highest BCUT2D eigenvalue weighted by atomic mass is 35.5. The molecule has 3 aromatic carbocycles. The van der Waals surface area contributed by atoms with Crippen molar-refractivity contribution in [1.29, 1.82) is 0 Å². The summed E-state index contributed by atoms with van der Waals surface area (Å²) in [6, 6.07) is 18.0. The maximum Gasteiger partial charge on any atom is 0.255 e. The average molecular weight is 817 g/mol. The SMILES string of the molecule is COc1cc(N2CCC(NC(=O)CSc3cccc4c3CN(C3CCC(=O)NC3=O)C4=O)CC2)ccc1Nc1ncc(Cl)c(Nc2ccccc2P(C)(C)=O)n1. The van der Waals surface area contributed by atoms with E-state index >= 15 is 0 Å². The number of ether oxygens (including phenoxy) is 1. The monoisotopic (exact) mass is 816 g/mol. The Hall–Kier alpha value is -5.11. The van der Waals surface area contributed by atoms with E-state index in [0.29, 0.717) is 51.2 Å². The van der Waals surface area contributed by atoms with Gasteiger partial charge in [0.15, 0.2) is 5.82 Å². The number of nitrogens with one attached hydrogen (secondary N) is 4. The van der Waals surface area contributed by atoms with Crippen LogP contribution in [0.1, 0.15) is 41.6 Å². The Morgan fingerprint density at radius 1 is 1.02 bits per heavy atom. The summed E-state index contributed by atoms with van der Waals surface area (Å²) >= 11 is 7.82. The van der Waals surface area contributed by atoms with Crippen LogP contribution in [0.25, 0.3) is 0 Å². The number of amides is 4. The van der Waals surface area contributed by atoms with Gasteiger partial charge in [-0.15, -0.1) is 11.8 Å². The van der Waals surface area contributed by atoms with Gasteiger partial charge in [-0.2, -0.15) is 4.98 Å². The van der Waals surface area contributed by atoms with Crippen LogP contribution < -0.4 is 36.2 Å². The van der Waals surface area contributed by atoms with Crippen LogP contribution in [-0.2, 0) is 25.5 Å². The Balaban J connectivity index is 0.920. The molecule has 0 saturated carbocycles. The van der Waals surface area contributed by atoms with E-state index in [1.807, 2.05) is 48.5 Å². The van der Waals surface area contributed by atoms with Gasteiger partial charge in [-0.3, -0.25) is 24.5 Å². The smallest absolute Gasteiger partial charge is 0.255 e. The van der Waals surface area contributed by atoms with Crippen molar-refractivity contribution in [2.24, 2.45) is 0 Å². The van der Waals surface area contributed by atoms with Crippen LogP contribution in [0.5, 0.6) is 5.75 Å². The number of piperidine rings is 2. The summed E-state index contributed by atoms with van der Waals surface area (Å²) in [7, 11) is -0.969. The van der Waals surface area contributed by atoms with E-state index in [-0.39, 0.29) is 42.5 Å². The second-order valence-corrected chi connectivity index (χ2v) is 18.8. The van der Waals surface area contributed by atoms with E-state index in [1.54, 1.807) is 32.6 Å². The third kappa shape index (κ3) is 8.64. The Morgan fingerprint density at radius 2 is 1.80 bits per heavy atom. The zero-order valence-corrected chi connectivity index (χ0v) is 33.6. The summed E-state index contributed by atoms with van der Waals surface area (Å²) in [5.41, 5.74) is 3.63. The number of carbonyl (C=O) groups is 4. The van der Waals surface area contributed by atoms with Crippen LogP contribution >= 0.6 is 30.5 Å². The standard InChI is InChI=1S/C39H42ClN8O6PS/c1-54-31-19-24(11-12-28(31)44-39-41-20-27(40)36(46-39)43-29-8-4-5-9-32(29)55(2,3)53)47-17-15-23(16-18-47)42-35(50)22-56-33-10-6-7-25-26(33)21-48(38(25)52)30-13-14-34(49)45-37(30)51/h4-12,19-20,23,30H,13-18,21-22H2,1-3H3,(H,42,50)(H,45,49,51)(H2,41,43,44,46). The van der Waals surface area contributed by atoms with Gasteiger partial charge in [0.1, 0.15) is 24.0 Å². The van der Waals surface area contributed by atoms with Gasteiger partial charge in [0, 0.05) is 59.6 Å². The highest BCUT2D eigenvalue weighted by Crippen LogP contribution is 2.39. The maximum atomic E-state index is 13.2. The first-order chi connectivity index (χ1) is 26.9. The van der Waals surface area contributed by atoms with E-state index in [0.717, 1.165) is 42.1 Å². The maximum absolute atomic E-state index is 13.2. The molecule has 1 unspecified atom stereocenters. The van der Waals surface area contributed by atoms with Crippen molar-refractivity contribution in [3.8, 4) is 5.75 Å². The van der Waals surface area contributed by atoms with Crippen molar-refractivity contribution >= 4 is 88.3 Å². The van der Waals surface area contributed by atoms with Crippen LogP contribution in [0.4, 0.5) is 28.8 Å². The number of carbonyl (C=O) groups excluding carboxylic acids is 4. The van der Waals surface area contributed by atoms with Crippen molar-refractivity contribution in [2.45, 2.75) is 49.2 Å². The highest BCUT2D eigenvalue weighted by molar-refractivity contribution is 8.00. The molecular formula is C39H42ClN8O6PS. The summed E-state index contributed by atoms with van der Waals surface area (Å²) in [6.45, 7) is 5.16. The van der Waals surface area contributed by atoms with Crippen LogP contribution in [0.3, 0.4) is 0 Å². The molecule has 17 heteroatoms. The highest BCUT2D eigenvalue weighted by Gasteiger charge is 2.40. The van der Waals surface area contributed by atoms with Gasteiger partial charge in [0.25, 0.3) is 5.91 Å². The summed E-state index contributed by atoms with van der Waals surface area (Å²) in [4.78, 5) is 63.9. The third-order valence-electron chi connectivity index (χ3n) is 10.0. The van der Waals surface area contributed by atoms with E-state index in [9.17, 15) is 23.7 Å². The number of fused-ring (bicyclic) bond motifs is 1. The quantitative estimate of drug-likeness (QED) is 0.0803. The van der Waals surface area contributed by atoms with Gasteiger partial charge >= 0.3 is 0 Å². The molecule has 4 aromatic rings. The zero-order chi connectivity index (χ0) is 39.6. The number of anilines is 5. The predicted molar refractivity (Wildman–Crippen MR) is 219 cm³/mol. The molecule has 7 rings (SSSR count). The molecule has 3 aliphatic heterocycles. The Labute approximate surface area is 333 Å². The van der Waals surface area contributed by atoms with Crippen LogP contribution in [0.2, 0.25) is 5.02 Å². The lowest BCUT2D eigenvalue weighted by Crippen LogP contribution is -2.52. The second-order valence-electron chi connectivity index (χ2n) is 14.2. The second kappa shape index (κ2) is 16.5. The molecule has 2 saturated heterocycles. The molecule has 3 aliphatic rings. The number of hydrogen-bond donors (Lipinski definition) is 4. The zero-order valence-electron chi connectivity index (χ0n) is 31.1. The van der Waals surface area contributed by atoms with Gasteiger partial charge in [-0.05, 0) is 74.6 Å².